The molecule has 1 unspecified atom stereocenters. The van der Waals surface area contributed by atoms with Crippen LogP contribution < -0.4 is 5.32 Å². The van der Waals surface area contributed by atoms with Crippen molar-refractivity contribution in [2.45, 2.75) is 13.0 Å². The van der Waals surface area contributed by atoms with Gasteiger partial charge in [0.1, 0.15) is 11.9 Å². The first-order valence-corrected chi connectivity index (χ1v) is 6.68. The van der Waals surface area contributed by atoms with Gasteiger partial charge in [0.05, 0.1) is 16.3 Å². The number of halogens is 3. The topological polar surface area (TPSA) is 35.8 Å². The van der Waals surface area contributed by atoms with Crippen molar-refractivity contribution in [3.05, 3.63) is 63.4 Å². The lowest BCUT2D eigenvalue weighted by atomic mass is 10.1. The molecule has 0 aliphatic rings. The van der Waals surface area contributed by atoms with Crippen LogP contribution in [0.2, 0.25) is 10.0 Å². The Balaban J connectivity index is 2.27. The Hall–Kier alpha value is -1.76. The highest BCUT2D eigenvalue weighted by Gasteiger charge is 2.11. The minimum absolute atomic E-state index is 0.0720. The lowest BCUT2D eigenvalue weighted by Gasteiger charge is -2.17. The molecule has 2 aromatic rings. The largest absolute Gasteiger partial charge is 0.377 e. The van der Waals surface area contributed by atoms with E-state index >= 15 is 0 Å². The predicted octanol–water partition coefficient (Wildman–Crippen LogP) is 5.18. The molecule has 0 radical (unpaired) electrons. The number of hydrogen-bond acceptors (Lipinski definition) is 2. The van der Waals surface area contributed by atoms with E-state index in [2.05, 4.69) is 11.4 Å². The summed E-state index contributed by atoms with van der Waals surface area (Å²) in [7, 11) is 0. The molecule has 0 bridgehead atoms. The second-order valence-corrected chi connectivity index (χ2v) is 5.18. The molecule has 0 amide bonds. The zero-order chi connectivity index (χ0) is 14.7. The Morgan fingerprint density at radius 3 is 2.60 bits per heavy atom. The van der Waals surface area contributed by atoms with E-state index in [9.17, 15) is 4.39 Å². The Bertz CT molecular complexity index is 680. The van der Waals surface area contributed by atoms with Crippen molar-refractivity contribution in [3.8, 4) is 6.07 Å². The van der Waals surface area contributed by atoms with Gasteiger partial charge in [0.25, 0.3) is 0 Å². The van der Waals surface area contributed by atoms with Crippen LogP contribution in [0.5, 0.6) is 0 Å². The fourth-order valence-corrected chi connectivity index (χ4v) is 2.19. The second kappa shape index (κ2) is 6.13. The molecule has 0 aliphatic carbocycles. The van der Waals surface area contributed by atoms with Crippen LogP contribution in [0.4, 0.5) is 10.1 Å². The third kappa shape index (κ3) is 3.22. The maximum absolute atomic E-state index is 13.1. The molecule has 5 heteroatoms. The Labute approximate surface area is 126 Å². The van der Waals surface area contributed by atoms with Crippen LogP contribution in [-0.2, 0) is 0 Å². The number of rotatable bonds is 3. The van der Waals surface area contributed by atoms with E-state index < -0.39 is 5.82 Å². The quantitative estimate of drug-likeness (QED) is 0.848. The maximum Gasteiger partial charge on any atom is 0.141 e. The lowest BCUT2D eigenvalue weighted by molar-refractivity contribution is 0.627. The molecule has 0 saturated heterocycles. The third-order valence-electron chi connectivity index (χ3n) is 2.92. The molecule has 2 rings (SSSR count). The number of anilines is 1. The van der Waals surface area contributed by atoms with Gasteiger partial charge >= 0.3 is 0 Å². The number of nitrogens with zero attached hydrogens (tertiary/aromatic N) is 1. The van der Waals surface area contributed by atoms with Crippen molar-refractivity contribution < 1.29 is 4.39 Å². The highest BCUT2D eigenvalue weighted by molar-refractivity contribution is 6.31. The summed E-state index contributed by atoms with van der Waals surface area (Å²) in [5.74, 6) is -0.455. The number of nitriles is 1. The molecule has 0 saturated carbocycles. The molecule has 0 aromatic heterocycles. The smallest absolute Gasteiger partial charge is 0.141 e. The van der Waals surface area contributed by atoms with Gasteiger partial charge in [0, 0.05) is 11.1 Å². The number of nitrogens with one attached hydrogen (secondary N) is 1. The van der Waals surface area contributed by atoms with Gasteiger partial charge in [0.2, 0.25) is 0 Å². The van der Waals surface area contributed by atoms with Crippen molar-refractivity contribution in [1.29, 1.82) is 5.26 Å². The van der Waals surface area contributed by atoms with Crippen molar-refractivity contribution in [2.75, 3.05) is 5.32 Å². The molecule has 1 atom stereocenters. The zero-order valence-electron chi connectivity index (χ0n) is 10.6. The Morgan fingerprint density at radius 2 is 1.95 bits per heavy atom. The van der Waals surface area contributed by atoms with Crippen molar-refractivity contribution in [3.63, 3.8) is 0 Å². The minimum Gasteiger partial charge on any atom is -0.377 e. The van der Waals surface area contributed by atoms with Crippen LogP contribution >= 0.6 is 23.2 Å². The summed E-state index contributed by atoms with van der Waals surface area (Å²) in [6, 6.07) is 11.5. The maximum atomic E-state index is 13.1. The molecule has 0 spiro atoms. The summed E-state index contributed by atoms with van der Waals surface area (Å²) in [5.41, 5.74) is 1.95. The number of hydrogen-bond donors (Lipinski definition) is 1. The Morgan fingerprint density at radius 1 is 1.20 bits per heavy atom. The molecule has 102 valence electrons. The molecule has 0 aliphatic heterocycles. The van der Waals surface area contributed by atoms with Gasteiger partial charge in [-0.25, -0.2) is 4.39 Å². The van der Waals surface area contributed by atoms with Gasteiger partial charge in [-0.15, -0.1) is 0 Å². The molecule has 20 heavy (non-hydrogen) atoms. The van der Waals surface area contributed by atoms with Crippen LogP contribution in [0, 0.1) is 17.1 Å². The average Bonchev–Trinajstić information content (AvgIpc) is 2.42. The fourth-order valence-electron chi connectivity index (χ4n) is 1.83. The summed E-state index contributed by atoms with van der Waals surface area (Å²) in [4.78, 5) is 0. The fraction of sp³-hybridized carbons (Fsp3) is 0.133. The number of benzene rings is 2. The monoisotopic (exact) mass is 308 g/mol. The normalized spacial score (nSPS) is 11.8. The second-order valence-electron chi connectivity index (χ2n) is 4.34. The van der Waals surface area contributed by atoms with Gasteiger partial charge in [-0.3, -0.25) is 0 Å². The van der Waals surface area contributed by atoms with Gasteiger partial charge in [-0.1, -0.05) is 29.3 Å². The van der Waals surface area contributed by atoms with Crippen LogP contribution in [0.1, 0.15) is 24.1 Å². The van der Waals surface area contributed by atoms with Crippen LogP contribution in [0.25, 0.3) is 0 Å². The highest BCUT2D eigenvalue weighted by atomic mass is 35.5. The molecule has 0 heterocycles. The summed E-state index contributed by atoms with van der Waals surface area (Å²) >= 11 is 11.7. The van der Waals surface area contributed by atoms with Gasteiger partial charge in [0.15, 0.2) is 0 Å². The van der Waals surface area contributed by atoms with E-state index in [-0.39, 0.29) is 11.1 Å². The lowest BCUT2D eigenvalue weighted by Crippen LogP contribution is -2.08. The predicted molar refractivity (Wildman–Crippen MR) is 79.6 cm³/mol. The van der Waals surface area contributed by atoms with E-state index in [1.165, 1.54) is 6.07 Å². The summed E-state index contributed by atoms with van der Waals surface area (Å²) < 4.78 is 13.1. The van der Waals surface area contributed by atoms with Crippen molar-refractivity contribution >= 4 is 28.9 Å². The zero-order valence-corrected chi connectivity index (χ0v) is 12.1. The highest BCUT2D eigenvalue weighted by Crippen LogP contribution is 2.27. The van der Waals surface area contributed by atoms with E-state index in [1.807, 2.05) is 6.92 Å². The van der Waals surface area contributed by atoms with Crippen LogP contribution in [0.3, 0.4) is 0 Å². The Kier molecular flexibility index (Phi) is 4.49. The average molecular weight is 309 g/mol. The molecule has 2 aromatic carbocycles. The first kappa shape index (κ1) is 14.6. The minimum atomic E-state index is -0.455. The van der Waals surface area contributed by atoms with E-state index in [4.69, 9.17) is 28.5 Å². The summed E-state index contributed by atoms with van der Waals surface area (Å²) in [5, 5.41) is 12.9. The van der Waals surface area contributed by atoms with Gasteiger partial charge in [-0.05, 0) is 42.8 Å². The van der Waals surface area contributed by atoms with Gasteiger partial charge in [-0.2, -0.15) is 5.26 Å². The van der Waals surface area contributed by atoms with Crippen LogP contribution in [-0.4, -0.2) is 0 Å². The van der Waals surface area contributed by atoms with Crippen molar-refractivity contribution in [1.82, 2.24) is 0 Å². The third-order valence-corrected chi connectivity index (χ3v) is 3.44. The van der Waals surface area contributed by atoms with E-state index in [1.54, 1.807) is 30.3 Å². The van der Waals surface area contributed by atoms with E-state index in [0.717, 1.165) is 5.56 Å². The molecular formula is C15H11Cl2FN2. The first-order chi connectivity index (χ1) is 9.51. The molecule has 0 fully saturated rings. The summed E-state index contributed by atoms with van der Waals surface area (Å²) in [6.45, 7) is 1.89. The SMILES string of the molecule is CC(Nc1cc(Cl)ccc1C#N)c1ccc(F)c(Cl)c1. The molecular weight excluding hydrogens is 298 g/mol. The molecule has 1 N–H and O–H groups in total. The van der Waals surface area contributed by atoms with Crippen LogP contribution in [0.15, 0.2) is 36.4 Å². The standard InChI is InChI=1S/C15H11Cl2FN2/c1-9(10-3-5-14(18)13(17)6-10)20-15-7-12(16)4-2-11(15)8-19/h2-7,9,20H,1H3. The summed E-state index contributed by atoms with van der Waals surface area (Å²) in [6.07, 6.45) is 0. The molecule has 2 nitrogen and oxygen atoms in total. The van der Waals surface area contributed by atoms with E-state index in [0.29, 0.717) is 16.3 Å². The first-order valence-electron chi connectivity index (χ1n) is 5.92. The van der Waals surface area contributed by atoms with Gasteiger partial charge < -0.3 is 5.32 Å². The van der Waals surface area contributed by atoms with Crippen molar-refractivity contribution in [2.24, 2.45) is 0 Å².